The number of piperidine rings is 1. The number of carbonyl (C=O) groups is 3. The molecule has 1 spiro atoms. The SMILES string of the molecule is O=C(O)C(F)(F)F.O=C(O)C(F)(F)F.O=C(c1ccncc1F)N1CCC2(CC1)CC(Nc1ncccn1)CCO2. The number of carbonyl (C=O) groups excluding carboxylic acids is 1. The van der Waals surface area contributed by atoms with Crippen LogP contribution in [0, 0.1) is 5.82 Å². The first-order chi connectivity index (χ1) is 19.0. The standard InChI is InChI=1S/C19H22FN5O2.2C2HF3O2/c20-16-13-21-8-2-15(16)17(26)25-9-4-19(5-10-25)12-14(3-11-27-19)24-18-22-6-1-7-23-18;2*3-2(4,5)1(6)7/h1-2,6-8,13-14H,3-5,9-12H2,(H,22,23,24);2*(H,6,7). The summed E-state index contributed by atoms with van der Waals surface area (Å²) in [6.07, 6.45) is -1.02. The van der Waals surface area contributed by atoms with Gasteiger partial charge in [-0.2, -0.15) is 26.3 Å². The second-order valence-corrected chi connectivity index (χ2v) is 8.69. The van der Waals surface area contributed by atoms with Crippen LogP contribution in [-0.4, -0.2) is 91.6 Å². The molecule has 1 unspecified atom stereocenters. The van der Waals surface area contributed by atoms with Crippen LogP contribution < -0.4 is 5.32 Å². The Balaban J connectivity index is 0.000000349. The molecule has 1 amide bonds. The van der Waals surface area contributed by atoms with Crippen molar-refractivity contribution >= 4 is 23.8 Å². The lowest BCUT2D eigenvalue weighted by Gasteiger charge is -2.46. The zero-order chi connectivity index (χ0) is 30.8. The highest BCUT2D eigenvalue weighted by Gasteiger charge is 2.42. The van der Waals surface area contributed by atoms with Gasteiger partial charge < -0.3 is 25.2 Å². The van der Waals surface area contributed by atoms with Crippen LogP contribution in [0.2, 0.25) is 0 Å². The summed E-state index contributed by atoms with van der Waals surface area (Å²) in [5.74, 6) is -5.75. The minimum atomic E-state index is -5.08. The van der Waals surface area contributed by atoms with Crippen molar-refractivity contribution in [1.82, 2.24) is 19.9 Å². The number of ether oxygens (including phenoxy) is 1. The van der Waals surface area contributed by atoms with Crippen molar-refractivity contribution < 1.29 is 60.1 Å². The fraction of sp³-hybridized carbons (Fsp3) is 0.478. The summed E-state index contributed by atoms with van der Waals surface area (Å²) >= 11 is 0. The second kappa shape index (κ2) is 14.0. The Kier molecular flexibility index (Phi) is 11.3. The first-order valence-corrected chi connectivity index (χ1v) is 11.7. The topological polar surface area (TPSA) is 155 Å². The van der Waals surface area contributed by atoms with Crippen molar-refractivity contribution in [2.45, 2.75) is 49.7 Å². The number of alkyl halides is 6. The van der Waals surface area contributed by atoms with Gasteiger partial charge in [0.15, 0.2) is 5.82 Å². The zero-order valence-corrected chi connectivity index (χ0v) is 21.0. The number of carboxylic acids is 2. The molecule has 11 nitrogen and oxygen atoms in total. The maximum Gasteiger partial charge on any atom is 0.490 e. The third-order valence-electron chi connectivity index (χ3n) is 5.84. The maximum absolute atomic E-state index is 13.8. The molecule has 226 valence electrons. The third kappa shape index (κ3) is 10.4. The van der Waals surface area contributed by atoms with Gasteiger partial charge >= 0.3 is 24.3 Å². The van der Waals surface area contributed by atoms with Crippen LogP contribution in [0.5, 0.6) is 0 Å². The molecule has 2 aromatic heterocycles. The van der Waals surface area contributed by atoms with Gasteiger partial charge in [-0.25, -0.2) is 23.9 Å². The lowest BCUT2D eigenvalue weighted by molar-refractivity contribution is -0.193. The number of hydrogen-bond acceptors (Lipinski definition) is 8. The molecular weight excluding hydrogens is 575 g/mol. The number of likely N-dealkylation sites (tertiary alicyclic amines) is 1. The molecule has 0 bridgehead atoms. The van der Waals surface area contributed by atoms with E-state index in [4.69, 9.17) is 24.5 Å². The van der Waals surface area contributed by atoms with Gasteiger partial charge in [0, 0.05) is 44.3 Å². The lowest BCUT2D eigenvalue weighted by Crippen LogP contribution is -2.52. The summed E-state index contributed by atoms with van der Waals surface area (Å²) in [6, 6.07) is 3.45. The molecule has 4 rings (SSSR count). The molecule has 1 atom stereocenters. The fourth-order valence-electron chi connectivity index (χ4n) is 3.89. The number of nitrogens with one attached hydrogen (secondary N) is 1. The number of nitrogens with zero attached hydrogens (tertiary/aromatic N) is 4. The number of halogens is 7. The molecule has 0 radical (unpaired) electrons. The molecule has 0 aromatic carbocycles. The Bertz CT molecular complexity index is 1150. The zero-order valence-electron chi connectivity index (χ0n) is 21.0. The molecule has 3 N–H and O–H groups in total. The van der Waals surface area contributed by atoms with E-state index >= 15 is 0 Å². The number of rotatable bonds is 3. The summed E-state index contributed by atoms with van der Waals surface area (Å²) < 4.78 is 83.4. The van der Waals surface area contributed by atoms with E-state index in [2.05, 4.69) is 20.3 Å². The summed E-state index contributed by atoms with van der Waals surface area (Å²) in [6.45, 7) is 1.77. The van der Waals surface area contributed by atoms with Crippen LogP contribution >= 0.6 is 0 Å². The van der Waals surface area contributed by atoms with Gasteiger partial charge in [-0.15, -0.1) is 0 Å². The first kappa shape index (κ1) is 33.1. The molecule has 2 fully saturated rings. The average molecular weight is 599 g/mol. The predicted molar refractivity (Wildman–Crippen MR) is 124 cm³/mol. The van der Waals surface area contributed by atoms with Gasteiger partial charge in [-0.05, 0) is 37.8 Å². The highest BCUT2D eigenvalue weighted by Crippen LogP contribution is 2.36. The van der Waals surface area contributed by atoms with Crippen LogP contribution in [0.1, 0.15) is 36.0 Å². The van der Waals surface area contributed by atoms with E-state index in [0.717, 1.165) is 31.9 Å². The van der Waals surface area contributed by atoms with Gasteiger partial charge in [0.25, 0.3) is 5.91 Å². The number of pyridine rings is 1. The monoisotopic (exact) mass is 599 g/mol. The normalized spacial score (nSPS) is 18.2. The highest BCUT2D eigenvalue weighted by molar-refractivity contribution is 5.94. The Hall–Kier alpha value is -4.09. The van der Waals surface area contributed by atoms with E-state index < -0.39 is 30.1 Å². The summed E-state index contributed by atoms with van der Waals surface area (Å²) in [4.78, 5) is 44.2. The Morgan fingerprint density at radius 3 is 2.00 bits per heavy atom. The van der Waals surface area contributed by atoms with Gasteiger partial charge in [-0.3, -0.25) is 9.78 Å². The van der Waals surface area contributed by atoms with Crippen molar-refractivity contribution in [1.29, 1.82) is 0 Å². The molecule has 41 heavy (non-hydrogen) atoms. The van der Waals surface area contributed by atoms with Crippen LogP contribution in [0.3, 0.4) is 0 Å². The summed E-state index contributed by atoms with van der Waals surface area (Å²) in [5, 5.41) is 17.6. The molecule has 0 aliphatic carbocycles. The number of anilines is 1. The van der Waals surface area contributed by atoms with E-state index in [1.807, 2.05) is 0 Å². The molecule has 2 saturated heterocycles. The van der Waals surface area contributed by atoms with Crippen LogP contribution in [0.25, 0.3) is 0 Å². The Labute approximate surface area is 227 Å². The minimum Gasteiger partial charge on any atom is -0.475 e. The van der Waals surface area contributed by atoms with Crippen molar-refractivity contribution in [3.63, 3.8) is 0 Å². The van der Waals surface area contributed by atoms with E-state index in [9.17, 15) is 35.5 Å². The van der Waals surface area contributed by atoms with Crippen molar-refractivity contribution in [2.24, 2.45) is 0 Å². The summed E-state index contributed by atoms with van der Waals surface area (Å²) in [7, 11) is 0. The largest absolute Gasteiger partial charge is 0.490 e. The van der Waals surface area contributed by atoms with Crippen molar-refractivity contribution in [3.05, 3.63) is 48.3 Å². The van der Waals surface area contributed by atoms with E-state index in [-0.39, 0.29) is 23.1 Å². The second-order valence-electron chi connectivity index (χ2n) is 8.69. The number of aliphatic carboxylic acids is 2. The quantitative estimate of drug-likeness (QED) is 0.446. The highest BCUT2D eigenvalue weighted by atomic mass is 19.4. The maximum atomic E-state index is 13.8. The molecule has 0 saturated carbocycles. The number of aromatic nitrogens is 3. The Morgan fingerprint density at radius 1 is 0.976 bits per heavy atom. The number of amides is 1. The number of hydrogen-bond donors (Lipinski definition) is 3. The van der Waals surface area contributed by atoms with Crippen LogP contribution in [0.4, 0.5) is 36.7 Å². The molecular formula is C23H24F7N5O6. The molecule has 4 heterocycles. The van der Waals surface area contributed by atoms with Gasteiger partial charge in [0.2, 0.25) is 5.95 Å². The third-order valence-corrected chi connectivity index (χ3v) is 5.84. The Morgan fingerprint density at radius 2 is 1.51 bits per heavy atom. The van der Waals surface area contributed by atoms with Gasteiger partial charge in [0.05, 0.1) is 17.4 Å². The molecule has 2 aliphatic rings. The molecule has 2 aliphatic heterocycles. The van der Waals surface area contributed by atoms with Crippen LogP contribution in [-0.2, 0) is 14.3 Å². The summed E-state index contributed by atoms with van der Waals surface area (Å²) in [5.41, 5.74) is -0.176. The van der Waals surface area contributed by atoms with E-state index in [1.54, 1.807) is 23.4 Å². The lowest BCUT2D eigenvalue weighted by atomic mass is 9.82. The average Bonchev–Trinajstić information content (AvgIpc) is 2.89. The number of carboxylic acid groups (broad SMARTS) is 2. The van der Waals surface area contributed by atoms with E-state index in [0.29, 0.717) is 25.6 Å². The van der Waals surface area contributed by atoms with Crippen molar-refractivity contribution in [3.8, 4) is 0 Å². The van der Waals surface area contributed by atoms with E-state index in [1.165, 1.54) is 12.3 Å². The molecule has 18 heteroatoms. The van der Waals surface area contributed by atoms with Gasteiger partial charge in [0.1, 0.15) is 0 Å². The van der Waals surface area contributed by atoms with Gasteiger partial charge in [-0.1, -0.05) is 0 Å². The fourth-order valence-corrected chi connectivity index (χ4v) is 3.89. The molecule has 2 aromatic rings. The minimum absolute atomic E-state index is 0.0753. The predicted octanol–water partition coefficient (Wildman–Crippen LogP) is 3.54. The first-order valence-electron chi connectivity index (χ1n) is 11.7. The van der Waals surface area contributed by atoms with Crippen LogP contribution in [0.15, 0.2) is 36.9 Å². The van der Waals surface area contributed by atoms with Crippen molar-refractivity contribution in [2.75, 3.05) is 25.0 Å². The smallest absolute Gasteiger partial charge is 0.475 e.